The molecular weight excluding hydrogens is 278 g/mol. The van der Waals surface area contributed by atoms with Crippen LogP contribution in [0.15, 0.2) is 24.7 Å². The number of pyridine rings is 1. The van der Waals surface area contributed by atoms with Gasteiger partial charge in [-0.2, -0.15) is 5.10 Å². The first-order valence-corrected chi connectivity index (χ1v) is 7.32. The summed E-state index contributed by atoms with van der Waals surface area (Å²) < 4.78 is 1.89. The average Bonchev–Trinajstić information content (AvgIpc) is 2.87. The molecule has 0 aliphatic rings. The van der Waals surface area contributed by atoms with Gasteiger partial charge in [0.05, 0.1) is 29.2 Å². The van der Waals surface area contributed by atoms with Gasteiger partial charge in [-0.1, -0.05) is 0 Å². The minimum absolute atomic E-state index is 0.199. The third-order valence-corrected chi connectivity index (χ3v) is 3.58. The maximum Gasteiger partial charge on any atom is 0.125 e. The van der Waals surface area contributed by atoms with Gasteiger partial charge in [0.2, 0.25) is 0 Å². The van der Waals surface area contributed by atoms with E-state index in [2.05, 4.69) is 33.9 Å². The van der Waals surface area contributed by atoms with Gasteiger partial charge >= 0.3 is 0 Å². The summed E-state index contributed by atoms with van der Waals surface area (Å²) in [6.45, 7) is 7.68. The van der Waals surface area contributed by atoms with Crippen LogP contribution < -0.4 is 0 Å². The van der Waals surface area contributed by atoms with E-state index in [4.69, 9.17) is 0 Å². The molecule has 22 heavy (non-hydrogen) atoms. The van der Waals surface area contributed by atoms with Gasteiger partial charge in [0.15, 0.2) is 0 Å². The number of aliphatic hydroxyl groups is 1. The monoisotopic (exact) mass is 297 g/mol. The van der Waals surface area contributed by atoms with Crippen molar-refractivity contribution in [2.45, 2.75) is 39.8 Å². The number of hydrogen-bond donors (Lipinski definition) is 1. The Morgan fingerprint density at radius 1 is 1.05 bits per heavy atom. The van der Waals surface area contributed by atoms with E-state index in [0.29, 0.717) is 5.69 Å². The van der Waals surface area contributed by atoms with Crippen LogP contribution in [-0.4, -0.2) is 29.8 Å². The molecule has 0 aromatic carbocycles. The highest BCUT2D eigenvalue weighted by atomic mass is 16.3. The minimum atomic E-state index is -0.632. The van der Waals surface area contributed by atoms with Crippen molar-refractivity contribution < 1.29 is 5.11 Å². The standard InChI is InChI=1S/C16H19N5O/c1-9(2)21-15-8-19-14(12-6-17-11(4)18-7-12)5-13(15)16(20-21)10(3)22/h5-10,22H,1-4H3. The Bertz CT molecular complexity index is 805. The maximum absolute atomic E-state index is 9.99. The molecule has 114 valence electrons. The highest BCUT2D eigenvalue weighted by Gasteiger charge is 2.17. The van der Waals surface area contributed by atoms with Crippen LogP contribution in [0.5, 0.6) is 0 Å². The number of hydrogen-bond acceptors (Lipinski definition) is 5. The van der Waals surface area contributed by atoms with Crippen LogP contribution in [0.1, 0.15) is 44.4 Å². The van der Waals surface area contributed by atoms with Crippen LogP contribution in [0.25, 0.3) is 22.2 Å². The lowest BCUT2D eigenvalue weighted by Gasteiger charge is -2.07. The van der Waals surface area contributed by atoms with E-state index in [9.17, 15) is 5.11 Å². The second kappa shape index (κ2) is 5.46. The van der Waals surface area contributed by atoms with Crippen LogP contribution in [0.2, 0.25) is 0 Å². The molecule has 3 rings (SSSR count). The zero-order valence-electron chi connectivity index (χ0n) is 13.1. The Kier molecular flexibility index (Phi) is 3.62. The summed E-state index contributed by atoms with van der Waals surface area (Å²) in [5.74, 6) is 0.724. The molecule has 1 unspecified atom stereocenters. The quantitative estimate of drug-likeness (QED) is 0.804. The number of fused-ring (bicyclic) bond motifs is 1. The highest BCUT2D eigenvalue weighted by Crippen LogP contribution is 2.28. The Morgan fingerprint density at radius 3 is 2.32 bits per heavy atom. The summed E-state index contributed by atoms with van der Waals surface area (Å²) in [7, 11) is 0. The second-order valence-electron chi connectivity index (χ2n) is 5.71. The van der Waals surface area contributed by atoms with Crippen LogP contribution >= 0.6 is 0 Å². The summed E-state index contributed by atoms with van der Waals surface area (Å²) >= 11 is 0. The lowest BCUT2D eigenvalue weighted by Crippen LogP contribution is -2.04. The van der Waals surface area contributed by atoms with Gasteiger partial charge in [0.1, 0.15) is 5.82 Å². The van der Waals surface area contributed by atoms with Crippen molar-refractivity contribution in [1.82, 2.24) is 24.7 Å². The average molecular weight is 297 g/mol. The molecule has 0 radical (unpaired) electrons. The van der Waals surface area contributed by atoms with E-state index < -0.39 is 6.10 Å². The van der Waals surface area contributed by atoms with E-state index in [1.807, 2.05) is 17.7 Å². The number of aromatic nitrogens is 5. The molecule has 6 heteroatoms. The van der Waals surface area contributed by atoms with Gasteiger partial charge in [-0.15, -0.1) is 0 Å². The highest BCUT2D eigenvalue weighted by molar-refractivity contribution is 5.85. The first-order chi connectivity index (χ1) is 10.5. The molecule has 0 aliphatic heterocycles. The van der Waals surface area contributed by atoms with E-state index in [1.54, 1.807) is 25.5 Å². The Hall–Kier alpha value is -2.34. The van der Waals surface area contributed by atoms with Crippen molar-refractivity contribution >= 4 is 10.9 Å². The number of nitrogens with zero attached hydrogens (tertiary/aromatic N) is 5. The van der Waals surface area contributed by atoms with Crippen molar-refractivity contribution in [1.29, 1.82) is 0 Å². The molecule has 3 aromatic rings. The van der Waals surface area contributed by atoms with E-state index in [0.717, 1.165) is 28.0 Å². The molecule has 1 N–H and O–H groups in total. The SMILES string of the molecule is Cc1ncc(-c2cc3c(C(C)O)nn(C(C)C)c3cn2)cn1. The summed E-state index contributed by atoms with van der Waals surface area (Å²) in [5.41, 5.74) is 3.21. The van der Waals surface area contributed by atoms with Gasteiger partial charge in [-0.05, 0) is 33.8 Å². The van der Waals surface area contributed by atoms with E-state index in [1.165, 1.54) is 0 Å². The van der Waals surface area contributed by atoms with Gasteiger partial charge in [-0.3, -0.25) is 9.67 Å². The molecule has 0 aliphatic carbocycles. The lowest BCUT2D eigenvalue weighted by atomic mass is 10.1. The molecule has 0 bridgehead atoms. The summed E-state index contributed by atoms with van der Waals surface area (Å²) in [4.78, 5) is 12.9. The second-order valence-corrected chi connectivity index (χ2v) is 5.71. The molecule has 1 atom stereocenters. The van der Waals surface area contributed by atoms with E-state index >= 15 is 0 Å². The van der Waals surface area contributed by atoms with Crippen molar-refractivity contribution in [3.05, 3.63) is 36.2 Å². The minimum Gasteiger partial charge on any atom is -0.387 e. The molecule has 0 fully saturated rings. The van der Waals surface area contributed by atoms with Crippen LogP contribution in [0.4, 0.5) is 0 Å². The fourth-order valence-corrected chi connectivity index (χ4v) is 2.44. The molecular formula is C16H19N5O. The van der Waals surface area contributed by atoms with Gasteiger partial charge < -0.3 is 5.11 Å². The number of aryl methyl sites for hydroxylation is 1. The smallest absolute Gasteiger partial charge is 0.125 e. The summed E-state index contributed by atoms with van der Waals surface area (Å²) in [6.07, 6.45) is 4.67. The van der Waals surface area contributed by atoms with Crippen molar-refractivity contribution in [2.75, 3.05) is 0 Å². The Labute approximate surface area is 128 Å². The molecule has 0 amide bonds. The fourth-order valence-electron chi connectivity index (χ4n) is 2.44. The zero-order valence-corrected chi connectivity index (χ0v) is 13.1. The molecule has 3 aromatic heterocycles. The molecule has 3 heterocycles. The maximum atomic E-state index is 9.99. The topological polar surface area (TPSA) is 76.7 Å². The van der Waals surface area contributed by atoms with Crippen LogP contribution in [0.3, 0.4) is 0 Å². The third-order valence-electron chi connectivity index (χ3n) is 3.58. The Balaban J connectivity index is 2.20. The predicted octanol–water partition coefficient (Wildman–Crippen LogP) is 2.83. The first kappa shape index (κ1) is 14.6. The largest absolute Gasteiger partial charge is 0.387 e. The lowest BCUT2D eigenvalue weighted by molar-refractivity contribution is 0.194. The van der Waals surface area contributed by atoms with Gasteiger partial charge in [-0.25, -0.2) is 9.97 Å². The number of aliphatic hydroxyl groups excluding tert-OH is 1. The van der Waals surface area contributed by atoms with Gasteiger partial charge in [0, 0.05) is 29.4 Å². The van der Waals surface area contributed by atoms with Gasteiger partial charge in [0.25, 0.3) is 0 Å². The van der Waals surface area contributed by atoms with Crippen molar-refractivity contribution in [3.63, 3.8) is 0 Å². The molecule has 0 saturated heterocycles. The van der Waals surface area contributed by atoms with Crippen molar-refractivity contribution in [3.8, 4) is 11.3 Å². The van der Waals surface area contributed by atoms with Crippen molar-refractivity contribution in [2.24, 2.45) is 0 Å². The molecule has 0 saturated carbocycles. The van der Waals surface area contributed by atoms with Crippen LogP contribution in [0, 0.1) is 6.92 Å². The Morgan fingerprint density at radius 2 is 1.73 bits per heavy atom. The first-order valence-electron chi connectivity index (χ1n) is 7.32. The predicted molar refractivity (Wildman–Crippen MR) is 84.3 cm³/mol. The summed E-state index contributed by atoms with van der Waals surface area (Å²) in [6, 6.07) is 2.14. The number of rotatable bonds is 3. The molecule has 6 nitrogen and oxygen atoms in total. The molecule has 0 spiro atoms. The normalized spacial score (nSPS) is 13.0. The van der Waals surface area contributed by atoms with E-state index in [-0.39, 0.29) is 6.04 Å². The fraction of sp³-hybridized carbons (Fsp3) is 0.375. The summed E-state index contributed by atoms with van der Waals surface area (Å²) in [5, 5.41) is 15.4. The zero-order chi connectivity index (χ0) is 15.9. The van der Waals surface area contributed by atoms with Crippen LogP contribution in [-0.2, 0) is 0 Å². The third kappa shape index (κ3) is 2.46.